The van der Waals surface area contributed by atoms with E-state index >= 15 is 0 Å². The van der Waals surface area contributed by atoms with Crippen molar-refractivity contribution >= 4 is 39.2 Å². The van der Waals surface area contributed by atoms with Crippen molar-refractivity contribution in [3.8, 4) is 0 Å². The van der Waals surface area contributed by atoms with Crippen molar-refractivity contribution in [2.75, 3.05) is 6.54 Å². The summed E-state index contributed by atoms with van der Waals surface area (Å²) >= 11 is 3.10. The van der Waals surface area contributed by atoms with Gasteiger partial charge < -0.3 is 9.88 Å². The molecule has 1 N–H and O–H groups in total. The van der Waals surface area contributed by atoms with Crippen molar-refractivity contribution in [2.45, 2.75) is 64.5 Å². The van der Waals surface area contributed by atoms with Crippen LogP contribution in [0.25, 0.3) is 10.2 Å². The number of H-pyrrole nitrogens is 1. The summed E-state index contributed by atoms with van der Waals surface area (Å²) in [7, 11) is 0. The van der Waals surface area contributed by atoms with Crippen molar-refractivity contribution in [3.05, 3.63) is 26.6 Å². The van der Waals surface area contributed by atoms with Gasteiger partial charge in [-0.1, -0.05) is 6.92 Å². The third-order valence-corrected chi connectivity index (χ3v) is 7.57. The Morgan fingerprint density at radius 2 is 2.15 bits per heavy atom. The summed E-state index contributed by atoms with van der Waals surface area (Å²) in [4.78, 5) is 36.6. The number of carbonyl (C=O) groups is 1. The minimum Gasteiger partial charge on any atom is -0.339 e. The molecule has 1 aliphatic rings. The highest BCUT2D eigenvalue weighted by Gasteiger charge is 2.29. The molecule has 1 aliphatic heterocycles. The number of rotatable bonds is 4. The van der Waals surface area contributed by atoms with Crippen LogP contribution in [0.2, 0.25) is 0 Å². The molecule has 0 aliphatic carbocycles. The number of likely N-dealkylation sites (tertiary alicyclic amines) is 1. The van der Waals surface area contributed by atoms with Gasteiger partial charge in [0.05, 0.1) is 16.4 Å². The Morgan fingerprint density at radius 3 is 2.85 bits per heavy atom. The smallest absolute Gasteiger partial charge is 0.259 e. The van der Waals surface area contributed by atoms with Crippen LogP contribution in [0.4, 0.5) is 0 Å². The molecule has 0 aromatic carbocycles. The number of carbonyl (C=O) groups excluding carboxylic acids is 1. The maximum atomic E-state index is 12.8. The molecular formula is C19H27N3O2S2. The number of aryl methyl sites for hydroxylation is 2. The average molecular weight is 394 g/mol. The summed E-state index contributed by atoms with van der Waals surface area (Å²) < 4.78 is 0. The number of fused-ring (bicyclic) bond motifs is 1. The van der Waals surface area contributed by atoms with Crippen LogP contribution >= 0.6 is 23.1 Å². The molecule has 1 amide bonds. The largest absolute Gasteiger partial charge is 0.339 e. The van der Waals surface area contributed by atoms with Crippen LogP contribution in [-0.2, 0) is 10.5 Å². The Morgan fingerprint density at radius 1 is 1.42 bits per heavy atom. The highest BCUT2D eigenvalue weighted by atomic mass is 32.2. The fourth-order valence-electron chi connectivity index (χ4n) is 3.61. The Labute approximate surface area is 162 Å². The zero-order valence-corrected chi connectivity index (χ0v) is 17.7. The van der Waals surface area contributed by atoms with E-state index < -0.39 is 0 Å². The lowest BCUT2D eigenvalue weighted by Crippen LogP contribution is -2.47. The first kappa shape index (κ1) is 19.4. The van der Waals surface area contributed by atoms with Gasteiger partial charge >= 0.3 is 0 Å². The van der Waals surface area contributed by atoms with Crippen LogP contribution in [0.5, 0.6) is 0 Å². The number of nitrogens with zero attached hydrogens (tertiary/aromatic N) is 2. The third kappa shape index (κ3) is 3.83. The minimum absolute atomic E-state index is 0.0786. The molecule has 1 unspecified atom stereocenters. The van der Waals surface area contributed by atoms with Crippen molar-refractivity contribution in [3.63, 3.8) is 0 Å². The molecule has 0 spiro atoms. The van der Waals surface area contributed by atoms with Gasteiger partial charge in [0.2, 0.25) is 5.91 Å². The topological polar surface area (TPSA) is 66.1 Å². The molecule has 0 radical (unpaired) electrons. The van der Waals surface area contributed by atoms with Gasteiger partial charge in [-0.2, -0.15) is 0 Å². The molecule has 0 saturated carbocycles. The Bertz CT molecular complexity index is 874. The predicted octanol–water partition coefficient (Wildman–Crippen LogP) is 3.87. The highest BCUT2D eigenvalue weighted by molar-refractivity contribution is 7.99. The fourth-order valence-corrected chi connectivity index (χ4v) is 5.48. The summed E-state index contributed by atoms with van der Waals surface area (Å²) in [6, 6.07) is 0.306. The van der Waals surface area contributed by atoms with Crippen molar-refractivity contribution in [2.24, 2.45) is 5.92 Å². The SMILES string of the molecule is Cc1sc2nc(CSC(C)C(=O)N3CC[C@H](C)C[C@@H]3C)[nH]c(=O)c2c1C. The number of hydrogen-bond donors (Lipinski definition) is 1. The maximum Gasteiger partial charge on any atom is 0.259 e. The number of amides is 1. The summed E-state index contributed by atoms with van der Waals surface area (Å²) in [6.45, 7) is 11.2. The van der Waals surface area contributed by atoms with Gasteiger partial charge in [-0.05, 0) is 52.0 Å². The van der Waals surface area contributed by atoms with E-state index in [-0.39, 0.29) is 16.7 Å². The zero-order valence-electron chi connectivity index (χ0n) is 16.1. The summed E-state index contributed by atoms with van der Waals surface area (Å²) in [5, 5.41) is 0.556. The Kier molecular flexibility index (Phi) is 5.77. The average Bonchev–Trinajstić information content (AvgIpc) is 2.86. The molecule has 26 heavy (non-hydrogen) atoms. The third-order valence-electron chi connectivity index (χ3n) is 5.33. The second kappa shape index (κ2) is 7.72. The monoisotopic (exact) mass is 393 g/mol. The molecular weight excluding hydrogens is 366 g/mol. The van der Waals surface area contributed by atoms with E-state index in [1.165, 1.54) is 0 Å². The molecule has 1 fully saturated rings. The summed E-state index contributed by atoms with van der Waals surface area (Å²) in [5.41, 5.74) is 0.930. The van der Waals surface area contributed by atoms with E-state index in [2.05, 4.69) is 23.8 Å². The molecule has 5 nitrogen and oxygen atoms in total. The lowest BCUT2D eigenvalue weighted by molar-refractivity contribution is -0.134. The molecule has 7 heteroatoms. The van der Waals surface area contributed by atoms with Gasteiger partial charge in [0.15, 0.2) is 0 Å². The van der Waals surface area contributed by atoms with Crippen LogP contribution in [-0.4, -0.2) is 38.6 Å². The van der Waals surface area contributed by atoms with Crippen LogP contribution in [0.15, 0.2) is 4.79 Å². The van der Waals surface area contributed by atoms with Crippen LogP contribution in [0, 0.1) is 19.8 Å². The molecule has 2 aromatic heterocycles. The lowest BCUT2D eigenvalue weighted by Gasteiger charge is -2.37. The molecule has 3 rings (SSSR count). The number of thiophene rings is 1. The molecule has 3 heterocycles. The number of nitrogens with one attached hydrogen (secondary N) is 1. The molecule has 142 valence electrons. The van der Waals surface area contributed by atoms with Crippen LogP contribution in [0.1, 0.15) is 49.9 Å². The molecule has 1 saturated heterocycles. The number of aromatic amines is 1. The summed E-state index contributed by atoms with van der Waals surface area (Å²) in [5.74, 6) is 2.07. The number of hydrogen-bond acceptors (Lipinski definition) is 5. The van der Waals surface area contributed by atoms with Gasteiger partial charge in [0, 0.05) is 17.5 Å². The fraction of sp³-hybridized carbons (Fsp3) is 0.632. The maximum absolute atomic E-state index is 12.8. The second-order valence-electron chi connectivity index (χ2n) is 7.44. The molecule has 2 aromatic rings. The normalized spacial score (nSPS) is 22.0. The number of piperidine rings is 1. The zero-order chi connectivity index (χ0) is 19.0. The van der Waals surface area contributed by atoms with Gasteiger partial charge in [-0.15, -0.1) is 23.1 Å². The van der Waals surface area contributed by atoms with E-state index in [0.29, 0.717) is 28.9 Å². The highest BCUT2D eigenvalue weighted by Crippen LogP contribution is 2.28. The van der Waals surface area contributed by atoms with Crippen molar-refractivity contribution in [1.82, 2.24) is 14.9 Å². The molecule has 3 atom stereocenters. The molecule has 0 bridgehead atoms. The second-order valence-corrected chi connectivity index (χ2v) is 9.97. The van der Waals surface area contributed by atoms with Gasteiger partial charge in [0.25, 0.3) is 5.56 Å². The quantitative estimate of drug-likeness (QED) is 0.856. The first-order valence-corrected chi connectivity index (χ1v) is 11.1. The standard InChI is InChI=1S/C19H27N3O2S2/c1-10-6-7-22(11(2)8-10)19(24)14(5)25-9-15-20-17(23)16-12(3)13(4)26-18(16)21-15/h10-11,14H,6-9H2,1-5H3,(H,20,21,23)/t10-,11-,14?/m0/s1. The first-order chi connectivity index (χ1) is 12.3. The van der Waals surface area contributed by atoms with E-state index in [0.717, 1.165) is 34.7 Å². The van der Waals surface area contributed by atoms with Gasteiger partial charge in [0.1, 0.15) is 10.7 Å². The lowest BCUT2D eigenvalue weighted by atomic mass is 9.93. The van der Waals surface area contributed by atoms with Crippen LogP contribution < -0.4 is 5.56 Å². The van der Waals surface area contributed by atoms with Crippen molar-refractivity contribution in [1.29, 1.82) is 0 Å². The van der Waals surface area contributed by atoms with E-state index in [1.807, 2.05) is 25.7 Å². The Hall–Kier alpha value is -1.34. The van der Waals surface area contributed by atoms with Gasteiger partial charge in [-0.25, -0.2) is 4.98 Å². The number of thioether (sulfide) groups is 1. The predicted molar refractivity (Wildman–Crippen MR) is 110 cm³/mol. The van der Waals surface area contributed by atoms with Gasteiger partial charge in [-0.3, -0.25) is 9.59 Å². The van der Waals surface area contributed by atoms with E-state index in [9.17, 15) is 9.59 Å². The van der Waals surface area contributed by atoms with Crippen LogP contribution in [0.3, 0.4) is 0 Å². The van der Waals surface area contributed by atoms with E-state index in [1.54, 1.807) is 23.1 Å². The van der Waals surface area contributed by atoms with Crippen molar-refractivity contribution < 1.29 is 4.79 Å². The number of aromatic nitrogens is 2. The Balaban J connectivity index is 1.67. The minimum atomic E-state index is -0.140. The van der Waals surface area contributed by atoms with E-state index in [4.69, 9.17) is 0 Å². The first-order valence-electron chi connectivity index (χ1n) is 9.19. The summed E-state index contributed by atoms with van der Waals surface area (Å²) in [6.07, 6.45) is 2.15.